The smallest absolute Gasteiger partial charge is 0.124 e. The maximum Gasteiger partial charge on any atom is 0.124 e. The second-order valence-corrected chi connectivity index (χ2v) is 3.96. The lowest BCUT2D eigenvalue weighted by Crippen LogP contribution is -1.80. The number of hydrogen-bond donors (Lipinski definition) is 2. The highest BCUT2D eigenvalue weighted by atomic mass is 16.3. The van der Waals surface area contributed by atoms with Gasteiger partial charge in [-0.3, -0.25) is 10.1 Å². The number of phenols is 1. The highest BCUT2D eigenvalue weighted by molar-refractivity contribution is 5.87. The standard InChI is InChI=1S/C14H11N3O/c18-14-4-2-1-3-11(14)8-15-12-6-5-10-9-16-17-13(10)7-12/h1-9,18H,(H,16,17). The predicted octanol–water partition coefficient (Wildman–Crippen LogP) is 3.02. The molecule has 0 radical (unpaired) electrons. The van der Waals surface area contributed by atoms with Gasteiger partial charge in [0.05, 0.1) is 17.4 Å². The minimum absolute atomic E-state index is 0.226. The van der Waals surface area contributed by atoms with Gasteiger partial charge in [-0.2, -0.15) is 5.10 Å². The van der Waals surface area contributed by atoms with E-state index in [-0.39, 0.29) is 5.75 Å². The van der Waals surface area contributed by atoms with Crippen molar-refractivity contribution in [2.24, 2.45) is 4.99 Å². The molecule has 0 saturated carbocycles. The molecule has 18 heavy (non-hydrogen) atoms. The summed E-state index contributed by atoms with van der Waals surface area (Å²) in [5.74, 6) is 0.226. The number of aromatic hydroxyl groups is 1. The van der Waals surface area contributed by atoms with Crippen molar-refractivity contribution in [3.63, 3.8) is 0 Å². The number of aromatic amines is 1. The van der Waals surface area contributed by atoms with E-state index in [0.717, 1.165) is 16.6 Å². The Morgan fingerprint density at radius 2 is 2.06 bits per heavy atom. The van der Waals surface area contributed by atoms with Crippen LogP contribution in [-0.2, 0) is 0 Å². The highest BCUT2D eigenvalue weighted by Crippen LogP contribution is 2.20. The molecule has 3 rings (SSSR count). The summed E-state index contributed by atoms with van der Waals surface area (Å²) in [5, 5.41) is 17.5. The molecule has 2 N–H and O–H groups in total. The third-order valence-corrected chi connectivity index (χ3v) is 2.71. The molecule has 3 aromatic rings. The number of fused-ring (bicyclic) bond motifs is 1. The Morgan fingerprint density at radius 3 is 2.94 bits per heavy atom. The summed E-state index contributed by atoms with van der Waals surface area (Å²) in [6, 6.07) is 12.9. The van der Waals surface area contributed by atoms with Crippen molar-refractivity contribution in [2.45, 2.75) is 0 Å². The molecule has 0 bridgehead atoms. The molecule has 2 aromatic carbocycles. The molecule has 0 aliphatic carbocycles. The molecule has 0 aliphatic rings. The Kier molecular flexibility index (Phi) is 2.53. The van der Waals surface area contributed by atoms with E-state index in [4.69, 9.17) is 0 Å². The van der Waals surface area contributed by atoms with Gasteiger partial charge >= 0.3 is 0 Å². The van der Waals surface area contributed by atoms with Gasteiger partial charge in [0.15, 0.2) is 0 Å². The van der Waals surface area contributed by atoms with Crippen molar-refractivity contribution in [1.29, 1.82) is 0 Å². The van der Waals surface area contributed by atoms with E-state index in [1.165, 1.54) is 0 Å². The Labute approximate surface area is 104 Å². The van der Waals surface area contributed by atoms with Crippen molar-refractivity contribution in [2.75, 3.05) is 0 Å². The molecule has 0 fully saturated rings. The largest absolute Gasteiger partial charge is 0.507 e. The van der Waals surface area contributed by atoms with Crippen molar-refractivity contribution in [1.82, 2.24) is 10.2 Å². The first-order chi connectivity index (χ1) is 8.83. The SMILES string of the molecule is Oc1ccccc1C=Nc1ccc2cn[nH]c2c1. The maximum atomic E-state index is 9.62. The molecule has 88 valence electrons. The number of hydrogen-bond acceptors (Lipinski definition) is 3. The number of nitrogens with zero attached hydrogens (tertiary/aromatic N) is 2. The summed E-state index contributed by atoms with van der Waals surface area (Å²) in [6.07, 6.45) is 3.42. The normalized spacial score (nSPS) is 11.3. The maximum absolute atomic E-state index is 9.62. The number of aromatic nitrogens is 2. The number of nitrogens with one attached hydrogen (secondary N) is 1. The Morgan fingerprint density at radius 1 is 1.17 bits per heavy atom. The fraction of sp³-hybridized carbons (Fsp3) is 0. The summed E-state index contributed by atoms with van der Waals surface area (Å²) < 4.78 is 0. The second-order valence-electron chi connectivity index (χ2n) is 3.96. The summed E-state index contributed by atoms with van der Waals surface area (Å²) >= 11 is 0. The van der Waals surface area contributed by atoms with E-state index >= 15 is 0 Å². The van der Waals surface area contributed by atoms with Crippen LogP contribution in [0.3, 0.4) is 0 Å². The summed E-state index contributed by atoms with van der Waals surface area (Å²) in [4.78, 5) is 4.33. The quantitative estimate of drug-likeness (QED) is 0.673. The minimum atomic E-state index is 0.226. The van der Waals surface area contributed by atoms with Gasteiger partial charge in [-0.05, 0) is 30.3 Å². The van der Waals surface area contributed by atoms with Crippen LogP contribution in [-0.4, -0.2) is 21.5 Å². The van der Waals surface area contributed by atoms with Crippen LogP contribution in [0, 0.1) is 0 Å². The third kappa shape index (κ3) is 1.96. The van der Waals surface area contributed by atoms with Gasteiger partial charge in [0, 0.05) is 17.2 Å². The van der Waals surface area contributed by atoms with Gasteiger partial charge in [0.2, 0.25) is 0 Å². The molecule has 0 atom stereocenters. The molecular formula is C14H11N3O. The fourth-order valence-electron chi connectivity index (χ4n) is 1.75. The summed E-state index contributed by atoms with van der Waals surface area (Å²) in [7, 11) is 0. The monoisotopic (exact) mass is 237 g/mol. The van der Waals surface area contributed by atoms with Gasteiger partial charge in [0.1, 0.15) is 5.75 Å². The zero-order chi connectivity index (χ0) is 12.4. The molecule has 0 spiro atoms. The lowest BCUT2D eigenvalue weighted by atomic mass is 10.2. The average Bonchev–Trinajstić information content (AvgIpc) is 2.85. The molecule has 1 heterocycles. The van der Waals surface area contributed by atoms with Gasteiger partial charge < -0.3 is 5.11 Å². The van der Waals surface area contributed by atoms with Gasteiger partial charge in [-0.1, -0.05) is 12.1 Å². The lowest BCUT2D eigenvalue weighted by molar-refractivity contribution is 0.474. The fourth-order valence-corrected chi connectivity index (χ4v) is 1.75. The zero-order valence-corrected chi connectivity index (χ0v) is 9.54. The minimum Gasteiger partial charge on any atom is -0.507 e. The summed E-state index contributed by atoms with van der Waals surface area (Å²) in [5.41, 5.74) is 2.46. The zero-order valence-electron chi connectivity index (χ0n) is 9.54. The first kappa shape index (κ1) is 10.5. The lowest BCUT2D eigenvalue weighted by Gasteiger charge is -1.97. The van der Waals surface area contributed by atoms with E-state index in [1.807, 2.05) is 30.3 Å². The van der Waals surface area contributed by atoms with E-state index < -0.39 is 0 Å². The Hall–Kier alpha value is -2.62. The Bertz CT molecular complexity index is 716. The van der Waals surface area contributed by atoms with Gasteiger partial charge in [0.25, 0.3) is 0 Å². The van der Waals surface area contributed by atoms with Crippen molar-refractivity contribution in [3.05, 3.63) is 54.2 Å². The third-order valence-electron chi connectivity index (χ3n) is 2.71. The van der Waals surface area contributed by atoms with E-state index in [1.54, 1.807) is 24.5 Å². The number of phenolic OH excluding ortho intramolecular Hbond substituents is 1. The number of benzene rings is 2. The van der Waals surface area contributed by atoms with Gasteiger partial charge in [-0.15, -0.1) is 0 Å². The van der Waals surface area contributed by atoms with Crippen LogP contribution in [0.15, 0.2) is 53.7 Å². The van der Waals surface area contributed by atoms with Crippen LogP contribution in [0.1, 0.15) is 5.56 Å². The van der Waals surface area contributed by atoms with Gasteiger partial charge in [-0.25, -0.2) is 0 Å². The van der Waals surface area contributed by atoms with Crippen molar-refractivity contribution >= 4 is 22.8 Å². The topological polar surface area (TPSA) is 61.3 Å². The van der Waals surface area contributed by atoms with E-state index in [2.05, 4.69) is 15.2 Å². The molecule has 4 heteroatoms. The Balaban J connectivity index is 1.94. The molecule has 4 nitrogen and oxygen atoms in total. The first-order valence-electron chi connectivity index (χ1n) is 5.58. The van der Waals surface area contributed by atoms with Crippen LogP contribution in [0.25, 0.3) is 10.9 Å². The number of aliphatic imine (C=N–C) groups is 1. The number of rotatable bonds is 2. The van der Waals surface area contributed by atoms with Crippen LogP contribution in [0.2, 0.25) is 0 Å². The van der Waals surface area contributed by atoms with Crippen LogP contribution < -0.4 is 0 Å². The molecule has 0 unspecified atom stereocenters. The van der Waals surface area contributed by atoms with Crippen LogP contribution in [0.5, 0.6) is 5.75 Å². The molecule has 0 saturated heterocycles. The summed E-state index contributed by atoms with van der Waals surface area (Å²) in [6.45, 7) is 0. The number of para-hydroxylation sites is 1. The van der Waals surface area contributed by atoms with Crippen molar-refractivity contribution in [3.8, 4) is 5.75 Å². The number of H-pyrrole nitrogens is 1. The molecule has 1 aromatic heterocycles. The predicted molar refractivity (Wildman–Crippen MR) is 71.5 cm³/mol. The highest BCUT2D eigenvalue weighted by Gasteiger charge is 1.97. The molecular weight excluding hydrogens is 226 g/mol. The van der Waals surface area contributed by atoms with E-state index in [0.29, 0.717) is 5.56 Å². The first-order valence-corrected chi connectivity index (χ1v) is 5.58. The molecule has 0 amide bonds. The van der Waals surface area contributed by atoms with Crippen LogP contribution >= 0.6 is 0 Å². The van der Waals surface area contributed by atoms with Crippen molar-refractivity contribution < 1.29 is 5.11 Å². The molecule has 0 aliphatic heterocycles. The average molecular weight is 237 g/mol. The van der Waals surface area contributed by atoms with Crippen LogP contribution in [0.4, 0.5) is 5.69 Å². The second kappa shape index (κ2) is 4.33. The van der Waals surface area contributed by atoms with E-state index in [9.17, 15) is 5.11 Å².